The number of carbonyl (C=O) groups is 2. The summed E-state index contributed by atoms with van der Waals surface area (Å²) in [6.07, 6.45) is 15.2. The Morgan fingerprint density at radius 3 is 2.05 bits per heavy atom. The molecule has 1 fully saturated rings. The minimum Gasteiger partial charge on any atom is -0.328 e. The van der Waals surface area contributed by atoms with Gasteiger partial charge in [0.1, 0.15) is 0 Å². The summed E-state index contributed by atoms with van der Waals surface area (Å²) in [4.78, 5) is 26.5. The largest absolute Gasteiger partial charge is 0.328 e. The Balaban J connectivity index is 1.55. The lowest BCUT2D eigenvalue weighted by Gasteiger charge is -2.26. The van der Waals surface area contributed by atoms with Gasteiger partial charge in [-0.15, -0.1) is 0 Å². The molecule has 238 valence electrons. The van der Waals surface area contributed by atoms with E-state index in [4.69, 9.17) is 0 Å². The molecule has 0 unspecified atom stereocenters. The molecule has 43 heavy (non-hydrogen) atoms. The second-order valence-corrected chi connectivity index (χ2v) is 15.4. The second-order valence-electron chi connectivity index (χ2n) is 13.5. The highest BCUT2D eigenvalue weighted by molar-refractivity contribution is 7.90. The lowest BCUT2D eigenvalue weighted by Crippen LogP contribution is -2.44. The molecule has 3 rings (SSSR count). The van der Waals surface area contributed by atoms with Crippen LogP contribution in [0, 0.1) is 5.92 Å². The van der Waals surface area contributed by atoms with E-state index in [-0.39, 0.29) is 17.0 Å². The molecule has 2 aromatic rings. The van der Waals surface area contributed by atoms with E-state index in [1.807, 2.05) is 12.1 Å². The maximum absolute atomic E-state index is 13.2. The standard InChI is InChI=1S/C36H54N2O4S/c1-5-6-7-8-9-10-14-17-34(39)33(26-28-15-12-11-13-16-28)38-35(40)37-31-22-18-29(19-23-31)27-43(41,42)32-24-20-30(21-25-32)36(2,3)4/h18-25,28,33H,5-17,26-27H2,1-4H3,(H2,37,38,40)/t33-/m0/s1. The molecular formula is C36H54N2O4S. The molecule has 1 saturated carbocycles. The summed E-state index contributed by atoms with van der Waals surface area (Å²) in [6.45, 7) is 8.50. The zero-order valence-electron chi connectivity index (χ0n) is 26.9. The zero-order chi connectivity index (χ0) is 31.3. The number of ketones is 1. The van der Waals surface area contributed by atoms with Crippen LogP contribution < -0.4 is 10.6 Å². The van der Waals surface area contributed by atoms with Crippen LogP contribution >= 0.6 is 0 Å². The van der Waals surface area contributed by atoms with Crippen molar-refractivity contribution in [2.75, 3.05) is 5.32 Å². The molecule has 0 bridgehead atoms. The van der Waals surface area contributed by atoms with Crippen molar-refractivity contribution in [3.05, 3.63) is 59.7 Å². The maximum Gasteiger partial charge on any atom is 0.319 e. The fourth-order valence-corrected chi connectivity index (χ4v) is 7.28. The number of anilines is 1. The predicted octanol–water partition coefficient (Wildman–Crippen LogP) is 9.13. The highest BCUT2D eigenvalue weighted by atomic mass is 32.2. The lowest BCUT2D eigenvalue weighted by molar-refractivity contribution is -0.121. The number of hydrogen-bond acceptors (Lipinski definition) is 4. The molecule has 7 heteroatoms. The van der Waals surface area contributed by atoms with E-state index in [2.05, 4.69) is 38.3 Å². The molecule has 0 aliphatic heterocycles. The van der Waals surface area contributed by atoms with E-state index >= 15 is 0 Å². The van der Waals surface area contributed by atoms with Crippen LogP contribution in [0.5, 0.6) is 0 Å². The van der Waals surface area contributed by atoms with Crippen molar-refractivity contribution < 1.29 is 18.0 Å². The van der Waals surface area contributed by atoms with Crippen molar-refractivity contribution >= 4 is 27.3 Å². The van der Waals surface area contributed by atoms with Crippen LogP contribution in [0.15, 0.2) is 53.4 Å². The van der Waals surface area contributed by atoms with Gasteiger partial charge in [0.2, 0.25) is 0 Å². The van der Waals surface area contributed by atoms with Crippen molar-refractivity contribution in [3.63, 3.8) is 0 Å². The molecule has 0 heterocycles. The molecule has 2 N–H and O–H groups in total. The van der Waals surface area contributed by atoms with Crippen molar-refractivity contribution in [2.45, 2.75) is 140 Å². The van der Waals surface area contributed by atoms with Crippen LogP contribution in [0.2, 0.25) is 0 Å². The fourth-order valence-electron chi connectivity index (χ4n) is 5.93. The SMILES string of the molecule is CCCCCCCCCC(=O)[C@H](CC1CCCCC1)NC(=O)Nc1ccc(CS(=O)(=O)c2ccc(C(C)(C)C)cc2)cc1. The van der Waals surface area contributed by atoms with E-state index in [0.717, 1.165) is 37.7 Å². The third-order valence-corrected chi connectivity index (χ3v) is 10.4. The van der Waals surface area contributed by atoms with Gasteiger partial charge >= 0.3 is 6.03 Å². The molecule has 1 aliphatic rings. The maximum atomic E-state index is 13.2. The van der Waals surface area contributed by atoms with Gasteiger partial charge in [0.15, 0.2) is 15.6 Å². The third-order valence-electron chi connectivity index (χ3n) is 8.66. The first-order valence-electron chi connectivity index (χ1n) is 16.5. The number of urea groups is 1. The van der Waals surface area contributed by atoms with Crippen LogP contribution in [-0.2, 0) is 25.8 Å². The van der Waals surface area contributed by atoms with Gasteiger partial charge in [0.05, 0.1) is 16.7 Å². The summed E-state index contributed by atoms with van der Waals surface area (Å²) >= 11 is 0. The Bertz CT molecular complexity index is 1240. The van der Waals surface area contributed by atoms with Gasteiger partial charge in [-0.2, -0.15) is 0 Å². The molecule has 1 aliphatic carbocycles. The van der Waals surface area contributed by atoms with Crippen LogP contribution in [0.4, 0.5) is 10.5 Å². The molecule has 0 aromatic heterocycles. The highest BCUT2D eigenvalue weighted by Crippen LogP contribution is 2.28. The summed E-state index contributed by atoms with van der Waals surface area (Å²) < 4.78 is 26.0. The minimum absolute atomic E-state index is 0.0475. The predicted molar refractivity (Wildman–Crippen MR) is 177 cm³/mol. The molecule has 0 spiro atoms. The number of carbonyl (C=O) groups excluding carboxylic acids is 2. The van der Waals surface area contributed by atoms with Gasteiger partial charge < -0.3 is 10.6 Å². The molecule has 6 nitrogen and oxygen atoms in total. The Morgan fingerprint density at radius 2 is 1.44 bits per heavy atom. The number of sulfone groups is 1. The third kappa shape index (κ3) is 12.1. The first-order valence-corrected chi connectivity index (χ1v) is 18.2. The monoisotopic (exact) mass is 610 g/mol. The molecule has 1 atom stereocenters. The smallest absolute Gasteiger partial charge is 0.319 e. The van der Waals surface area contributed by atoms with Crippen LogP contribution in [-0.4, -0.2) is 26.3 Å². The molecule has 0 saturated heterocycles. The van der Waals surface area contributed by atoms with Crippen molar-refractivity contribution in [3.8, 4) is 0 Å². The Morgan fingerprint density at radius 1 is 0.837 bits per heavy atom. The highest BCUT2D eigenvalue weighted by Gasteiger charge is 2.26. The average Bonchev–Trinajstić information content (AvgIpc) is 2.97. The van der Waals surface area contributed by atoms with Crippen molar-refractivity contribution in [1.82, 2.24) is 5.32 Å². The van der Waals surface area contributed by atoms with E-state index in [9.17, 15) is 18.0 Å². The number of unbranched alkanes of at least 4 members (excludes halogenated alkanes) is 6. The number of Topliss-reactive ketones (excluding diaryl/α,β-unsaturated/α-hetero) is 1. The minimum atomic E-state index is -3.50. The van der Waals surface area contributed by atoms with E-state index in [1.54, 1.807) is 36.4 Å². The summed E-state index contributed by atoms with van der Waals surface area (Å²) in [6, 6.07) is 13.1. The Hall–Kier alpha value is -2.67. The van der Waals surface area contributed by atoms with Gasteiger partial charge in [-0.25, -0.2) is 13.2 Å². The van der Waals surface area contributed by atoms with Gasteiger partial charge in [-0.3, -0.25) is 4.79 Å². The lowest BCUT2D eigenvalue weighted by atomic mass is 9.83. The first-order chi connectivity index (χ1) is 20.5. The van der Waals surface area contributed by atoms with Gasteiger partial charge in [0, 0.05) is 12.1 Å². The molecule has 0 radical (unpaired) electrons. The molecule has 2 aromatic carbocycles. The van der Waals surface area contributed by atoms with Crippen LogP contribution in [0.1, 0.15) is 129 Å². The summed E-state index contributed by atoms with van der Waals surface area (Å²) in [7, 11) is -3.50. The Kier molecular flexibility index (Phi) is 13.8. The number of rotatable bonds is 16. The number of benzene rings is 2. The van der Waals surface area contributed by atoms with E-state index < -0.39 is 21.9 Å². The quantitative estimate of drug-likeness (QED) is 0.185. The van der Waals surface area contributed by atoms with Gasteiger partial charge in [0.25, 0.3) is 0 Å². The van der Waals surface area contributed by atoms with Gasteiger partial charge in [-0.1, -0.05) is 123 Å². The topological polar surface area (TPSA) is 92.3 Å². The summed E-state index contributed by atoms with van der Waals surface area (Å²) in [5.41, 5.74) is 2.24. The van der Waals surface area contributed by atoms with Gasteiger partial charge in [-0.05, 0) is 59.6 Å². The van der Waals surface area contributed by atoms with Crippen molar-refractivity contribution in [1.29, 1.82) is 0 Å². The van der Waals surface area contributed by atoms with Crippen LogP contribution in [0.25, 0.3) is 0 Å². The molecular weight excluding hydrogens is 556 g/mol. The molecule has 2 amide bonds. The second kappa shape index (κ2) is 17.0. The first kappa shape index (κ1) is 34.8. The number of amides is 2. The van der Waals surface area contributed by atoms with Crippen molar-refractivity contribution in [2.24, 2.45) is 5.92 Å². The summed E-state index contributed by atoms with van der Waals surface area (Å²) in [5.74, 6) is 0.485. The normalized spacial score (nSPS) is 15.2. The van der Waals surface area contributed by atoms with E-state index in [1.165, 1.54) is 44.9 Å². The Labute approximate surface area is 260 Å². The summed E-state index contributed by atoms with van der Waals surface area (Å²) in [5, 5.41) is 5.83. The number of hydrogen-bond donors (Lipinski definition) is 2. The number of nitrogens with one attached hydrogen (secondary N) is 2. The van der Waals surface area contributed by atoms with E-state index in [0.29, 0.717) is 34.9 Å². The fraction of sp³-hybridized carbons (Fsp3) is 0.611. The zero-order valence-corrected chi connectivity index (χ0v) is 27.7. The van der Waals surface area contributed by atoms with Crippen LogP contribution in [0.3, 0.4) is 0 Å². The average molecular weight is 611 g/mol.